The van der Waals surface area contributed by atoms with Gasteiger partial charge in [-0.2, -0.15) is 0 Å². The van der Waals surface area contributed by atoms with Crippen molar-refractivity contribution in [3.63, 3.8) is 0 Å². The summed E-state index contributed by atoms with van der Waals surface area (Å²) >= 11 is 1.84. The highest BCUT2D eigenvalue weighted by atomic mass is 32.2. The monoisotopic (exact) mass is 214 g/mol. The lowest BCUT2D eigenvalue weighted by molar-refractivity contribution is 0.0251. The zero-order valence-corrected chi connectivity index (χ0v) is 9.86. The topological polar surface area (TPSA) is 33.6 Å². The molecule has 0 spiro atoms. The van der Waals surface area contributed by atoms with Crippen molar-refractivity contribution in [1.29, 1.82) is 0 Å². The van der Waals surface area contributed by atoms with E-state index in [1.807, 2.05) is 11.8 Å². The molecule has 0 saturated carbocycles. The van der Waals surface area contributed by atoms with E-state index in [9.17, 15) is 0 Å². The van der Waals surface area contributed by atoms with Crippen molar-refractivity contribution < 1.29 is 4.74 Å². The number of nitrogens with one attached hydrogen (secondary N) is 1. The quantitative estimate of drug-likeness (QED) is 0.720. The molecule has 2 aliphatic heterocycles. The summed E-state index contributed by atoms with van der Waals surface area (Å²) in [5, 5.41) is 5.21. The summed E-state index contributed by atoms with van der Waals surface area (Å²) in [6.45, 7) is 8.29. The number of rotatable bonds is 1. The number of hydrogen-bond donors (Lipinski definition) is 1. The van der Waals surface area contributed by atoms with Gasteiger partial charge in [-0.3, -0.25) is 4.99 Å². The molecule has 1 N–H and O–H groups in total. The van der Waals surface area contributed by atoms with Gasteiger partial charge in [0.25, 0.3) is 0 Å². The SMILES string of the molecule is CC1CN=C(NC2CCOC2(C)C)S1. The molecule has 2 unspecified atom stereocenters. The Labute approximate surface area is 89.7 Å². The first-order valence-electron chi connectivity index (χ1n) is 5.19. The van der Waals surface area contributed by atoms with Crippen LogP contribution >= 0.6 is 11.8 Å². The predicted molar refractivity (Wildman–Crippen MR) is 60.9 cm³/mol. The van der Waals surface area contributed by atoms with Crippen molar-refractivity contribution in [2.24, 2.45) is 4.99 Å². The lowest BCUT2D eigenvalue weighted by Crippen LogP contribution is -2.45. The molecular formula is C10H18N2OS. The van der Waals surface area contributed by atoms with E-state index in [1.165, 1.54) is 0 Å². The van der Waals surface area contributed by atoms with E-state index < -0.39 is 0 Å². The molecular weight excluding hydrogens is 196 g/mol. The van der Waals surface area contributed by atoms with Crippen LogP contribution in [0.3, 0.4) is 0 Å². The molecule has 2 atom stereocenters. The molecule has 0 radical (unpaired) electrons. The minimum Gasteiger partial charge on any atom is -0.373 e. The summed E-state index contributed by atoms with van der Waals surface area (Å²) in [5.74, 6) is 0. The Balaban J connectivity index is 1.92. The minimum atomic E-state index is -0.0467. The van der Waals surface area contributed by atoms with E-state index in [0.29, 0.717) is 11.3 Å². The molecule has 1 fully saturated rings. The number of aliphatic imine (C=N–C) groups is 1. The van der Waals surface area contributed by atoms with Crippen LogP contribution in [-0.2, 0) is 4.74 Å². The minimum absolute atomic E-state index is 0.0467. The lowest BCUT2D eigenvalue weighted by Gasteiger charge is -2.27. The molecule has 2 aliphatic rings. The molecule has 14 heavy (non-hydrogen) atoms. The Morgan fingerprint density at radius 1 is 1.57 bits per heavy atom. The van der Waals surface area contributed by atoms with Gasteiger partial charge >= 0.3 is 0 Å². The summed E-state index contributed by atoms with van der Waals surface area (Å²) in [7, 11) is 0. The van der Waals surface area contributed by atoms with Crippen LogP contribution < -0.4 is 5.32 Å². The Bertz CT molecular complexity index is 253. The second-order valence-corrected chi connectivity index (χ2v) is 5.94. The normalized spacial score (nSPS) is 35.8. The third-order valence-electron chi connectivity index (χ3n) is 2.82. The summed E-state index contributed by atoms with van der Waals surface area (Å²) in [4.78, 5) is 4.46. The maximum Gasteiger partial charge on any atom is 0.157 e. The average Bonchev–Trinajstić information content (AvgIpc) is 2.61. The van der Waals surface area contributed by atoms with Crippen molar-refractivity contribution in [1.82, 2.24) is 5.32 Å². The molecule has 80 valence electrons. The van der Waals surface area contributed by atoms with Crippen LogP contribution in [0.4, 0.5) is 0 Å². The molecule has 4 heteroatoms. The fourth-order valence-corrected chi connectivity index (χ4v) is 2.73. The highest BCUT2D eigenvalue weighted by Gasteiger charge is 2.36. The number of ether oxygens (including phenoxy) is 1. The lowest BCUT2D eigenvalue weighted by atomic mass is 10.00. The average molecular weight is 214 g/mol. The molecule has 0 aromatic rings. The van der Waals surface area contributed by atoms with Gasteiger partial charge in [0, 0.05) is 11.9 Å². The Hall–Kier alpha value is -0.220. The second-order valence-electron chi connectivity index (χ2n) is 4.51. The van der Waals surface area contributed by atoms with Gasteiger partial charge in [-0.25, -0.2) is 0 Å². The van der Waals surface area contributed by atoms with Crippen LogP contribution in [0.25, 0.3) is 0 Å². The zero-order valence-electron chi connectivity index (χ0n) is 9.04. The van der Waals surface area contributed by atoms with Crippen molar-refractivity contribution in [2.45, 2.75) is 44.1 Å². The van der Waals surface area contributed by atoms with E-state index in [4.69, 9.17) is 4.74 Å². The molecule has 0 aromatic carbocycles. The van der Waals surface area contributed by atoms with Gasteiger partial charge in [-0.1, -0.05) is 18.7 Å². The Morgan fingerprint density at radius 2 is 2.36 bits per heavy atom. The standard InChI is InChI=1S/C10H18N2OS/c1-7-6-11-9(14-7)12-8-4-5-13-10(8,2)3/h7-8H,4-6H2,1-3H3,(H,11,12). The summed E-state index contributed by atoms with van der Waals surface area (Å²) in [5.41, 5.74) is -0.0467. The van der Waals surface area contributed by atoms with Crippen molar-refractivity contribution in [3.8, 4) is 0 Å². The van der Waals surface area contributed by atoms with E-state index in [-0.39, 0.29) is 5.60 Å². The maximum absolute atomic E-state index is 5.66. The number of nitrogens with zero attached hydrogens (tertiary/aromatic N) is 1. The first-order valence-corrected chi connectivity index (χ1v) is 6.07. The fraction of sp³-hybridized carbons (Fsp3) is 0.900. The molecule has 2 heterocycles. The van der Waals surface area contributed by atoms with Crippen molar-refractivity contribution >= 4 is 16.9 Å². The zero-order chi connectivity index (χ0) is 10.2. The van der Waals surface area contributed by atoms with E-state index in [0.717, 1.165) is 24.7 Å². The highest BCUT2D eigenvalue weighted by Crippen LogP contribution is 2.27. The van der Waals surface area contributed by atoms with Crippen LogP contribution in [0.15, 0.2) is 4.99 Å². The first kappa shape index (κ1) is 10.3. The largest absolute Gasteiger partial charge is 0.373 e. The second kappa shape index (κ2) is 3.74. The van der Waals surface area contributed by atoms with Gasteiger partial charge in [0.2, 0.25) is 0 Å². The van der Waals surface area contributed by atoms with E-state index in [1.54, 1.807) is 0 Å². The summed E-state index contributed by atoms with van der Waals surface area (Å²) in [6.07, 6.45) is 1.08. The van der Waals surface area contributed by atoms with Gasteiger partial charge < -0.3 is 10.1 Å². The van der Waals surface area contributed by atoms with E-state index >= 15 is 0 Å². The van der Waals surface area contributed by atoms with Gasteiger partial charge in [0.1, 0.15) is 0 Å². The van der Waals surface area contributed by atoms with E-state index in [2.05, 4.69) is 31.1 Å². The van der Waals surface area contributed by atoms with Gasteiger partial charge in [-0.05, 0) is 20.3 Å². The summed E-state index contributed by atoms with van der Waals surface area (Å²) < 4.78 is 5.66. The summed E-state index contributed by atoms with van der Waals surface area (Å²) in [6, 6.07) is 0.416. The Morgan fingerprint density at radius 3 is 2.86 bits per heavy atom. The molecule has 3 nitrogen and oxygen atoms in total. The fourth-order valence-electron chi connectivity index (χ4n) is 1.84. The maximum atomic E-state index is 5.66. The smallest absolute Gasteiger partial charge is 0.157 e. The molecule has 0 aliphatic carbocycles. The van der Waals surface area contributed by atoms with Gasteiger partial charge in [0.15, 0.2) is 5.17 Å². The highest BCUT2D eigenvalue weighted by molar-refractivity contribution is 8.14. The molecule has 0 bridgehead atoms. The molecule has 0 aromatic heterocycles. The van der Waals surface area contributed by atoms with Crippen LogP contribution in [-0.4, -0.2) is 35.2 Å². The predicted octanol–water partition coefficient (Wildman–Crippen LogP) is 1.63. The third kappa shape index (κ3) is 2.06. The van der Waals surface area contributed by atoms with Gasteiger partial charge in [-0.15, -0.1) is 0 Å². The van der Waals surface area contributed by atoms with Crippen molar-refractivity contribution in [2.75, 3.05) is 13.2 Å². The molecule has 0 amide bonds. The van der Waals surface area contributed by atoms with Crippen LogP contribution in [0.2, 0.25) is 0 Å². The van der Waals surface area contributed by atoms with Gasteiger partial charge in [0.05, 0.1) is 18.2 Å². The number of amidine groups is 1. The number of thioether (sulfide) groups is 1. The Kier molecular flexibility index (Phi) is 2.75. The first-order chi connectivity index (χ1) is 6.58. The van der Waals surface area contributed by atoms with Crippen LogP contribution in [0.5, 0.6) is 0 Å². The van der Waals surface area contributed by atoms with Crippen LogP contribution in [0, 0.1) is 0 Å². The molecule has 1 saturated heterocycles. The third-order valence-corrected chi connectivity index (χ3v) is 3.84. The van der Waals surface area contributed by atoms with Crippen LogP contribution in [0.1, 0.15) is 27.2 Å². The van der Waals surface area contributed by atoms with Crippen molar-refractivity contribution in [3.05, 3.63) is 0 Å². The molecule has 2 rings (SSSR count). The number of hydrogen-bond acceptors (Lipinski definition) is 4.